The van der Waals surface area contributed by atoms with Gasteiger partial charge in [0.15, 0.2) is 0 Å². The normalized spacial score (nSPS) is 15.1. The molecule has 1 unspecified atom stereocenters. The first kappa shape index (κ1) is 24.7. The summed E-state index contributed by atoms with van der Waals surface area (Å²) >= 11 is 5.95. The van der Waals surface area contributed by atoms with Crippen LogP contribution in [0.4, 0.5) is 0 Å². The molecule has 0 radical (unpaired) electrons. The van der Waals surface area contributed by atoms with Crippen molar-refractivity contribution < 1.29 is 22.8 Å². The van der Waals surface area contributed by atoms with E-state index in [1.807, 2.05) is 6.92 Å². The fourth-order valence-corrected chi connectivity index (χ4v) is 5.24. The number of rotatable bonds is 7. The van der Waals surface area contributed by atoms with Crippen LogP contribution in [0.2, 0.25) is 5.02 Å². The third-order valence-corrected chi connectivity index (χ3v) is 7.47. The van der Waals surface area contributed by atoms with Crippen molar-refractivity contribution in [2.75, 3.05) is 26.2 Å². The maximum absolute atomic E-state index is 13.4. The van der Waals surface area contributed by atoms with Gasteiger partial charge in [0.2, 0.25) is 21.1 Å². The van der Waals surface area contributed by atoms with Gasteiger partial charge >= 0.3 is 0 Å². The number of hydrogen-bond acceptors (Lipinski definition) is 5. The lowest BCUT2D eigenvalue weighted by Gasteiger charge is -2.36. The summed E-state index contributed by atoms with van der Waals surface area (Å²) < 4.78 is 26.7. The molecule has 10 heteroatoms. The average Bonchev–Trinajstić information content (AvgIpc) is 2.82. The monoisotopic (exact) mass is 491 g/mol. The summed E-state index contributed by atoms with van der Waals surface area (Å²) in [6.45, 7) is 2.90. The third kappa shape index (κ3) is 5.91. The molecule has 1 aliphatic heterocycles. The van der Waals surface area contributed by atoms with Gasteiger partial charge in [-0.2, -0.15) is 0 Å². The molecule has 0 saturated carbocycles. The average molecular weight is 492 g/mol. The maximum atomic E-state index is 13.4. The molecular formula is C23H26ClN3O5S. The summed E-state index contributed by atoms with van der Waals surface area (Å²) in [4.78, 5) is 41.3. The summed E-state index contributed by atoms with van der Waals surface area (Å²) in [7, 11) is -4.24. The number of piperazine rings is 1. The number of carbonyl (C=O) groups is 3. The van der Waals surface area contributed by atoms with Crippen molar-refractivity contribution in [2.45, 2.75) is 30.0 Å². The van der Waals surface area contributed by atoms with Gasteiger partial charge in [0.25, 0.3) is 11.8 Å². The maximum Gasteiger partial charge on any atom is 0.261 e. The molecule has 3 amide bonds. The summed E-state index contributed by atoms with van der Waals surface area (Å²) in [5, 5.41) is 0.887. The van der Waals surface area contributed by atoms with E-state index in [1.165, 1.54) is 29.2 Å². The second-order valence-corrected chi connectivity index (χ2v) is 10.1. The predicted molar refractivity (Wildman–Crippen MR) is 124 cm³/mol. The van der Waals surface area contributed by atoms with E-state index < -0.39 is 27.0 Å². The highest BCUT2D eigenvalue weighted by molar-refractivity contribution is 7.92. The molecule has 1 aliphatic rings. The molecule has 3 rings (SSSR count). The van der Waals surface area contributed by atoms with Crippen LogP contribution < -0.4 is 5.32 Å². The van der Waals surface area contributed by atoms with Crippen molar-refractivity contribution in [3.05, 3.63) is 65.2 Å². The Morgan fingerprint density at radius 3 is 2.21 bits per heavy atom. The Balaban J connectivity index is 1.85. The molecule has 2 aromatic carbocycles. The molecule has 0 aliphatic carbocycles. The zero-order valence-electron chi connectivity index (χ0n) is 18.2. The summed E-state index contributed by atoms with van der Waals surface area (Å²) in [5.74, 6) is -1.46. The first-order valence-electron chi connectivity index (χ1n) is 10.7. The van der Waals surface area contributed by atoms with Crippen LogP contribution >= 0.6 is 11.6 Å². The number of sulfone groups is 1. The lowest BCUT2D eigenvalue weighted by molar-refractivity contribution is -0.139. The van der Waals surface area contributed by atoms with Crippen molar-refractivity contribution in [1.29, 1.82) is 0 Å². The number of nitrogens with one attached hydrogen (secondary N) is 1. The van der Waals surface area contributed by atoms with Crippen LogP contribution in [0.3, 0.4) is 0 Å². The molecule has 1 atom stereocenters. The van der Waals surface area contributed by atoms with E-state index in [2.05, 4.69) is 5.32 Å². The van der Waals surface area contributed by atoms with Crippen LogP contribution in [0.25, 0.3) is 0 Å². The van der Waals surface area contributed by atoms with E-state index in [1.54, 1.807) is 35.2 Å². The molecule has 8 nitrogen and oxygen atoms in total. The second kappa shape index (κ2) is 10.8. The van der Waals surface area contributed by atoms with E-state index in [4.69, 9.17) is 11.6 Å². The molecule has 0 aromatic heterocycles. The summed E-state index contributed by atoms with van der Waals surface area (Å²) in [6.07, 6.45) is 1.15. The highest BCUT2D eigenvalue weighted by atomic mass is 35.5. The summed E-state index contributed by atoms with van der Waals surface area (Å²) in [6, 6.07) is 13.5. The molecule has 0 spiro atoms. The minimum atomic E-state index is -4.24. The first-order valence-corrected chi connectivity index (χ1v) is 12.6. The molecule has 33 heavy (non-hydrogen) atoms. The lowest BCUT2D eigenvalue weighted by Crippen LogP contribution is -2.57. The van der Waals surface area contributed by atoms with E-state index in [0.29, 0.717) is 24.5 Å². The zero-order chi connectivity index (χ0) is 24.0. The van der Waals surface area contributed by atoms with Gasteiger partial charge in [-0.15, -0.1) is 0 Å². The Labute approximate surface area is 198 Å². The van der Waals surface area contributed by atoms with Crippen LogP contribution in [-0.2, 0) is 19.4 Å². The molecule has 2 aromatic rings. The molecule has 1 heterocycles. The van der Waals surface area contributed by atoms with Crippen LogP contribution in [0.1, 0.15) is 30.1 Å². The molecule has 1 fully saturated rings. The minimum Gasteiger partial charge on any atom is -0.339 e. The predicted octanol–water partition coefficient (Wildman–Crippen LogP) is 2.34. The second-order valence-electron chi connectivity index (χ2n) is 7.68. The number of halogens is 1. The van der Waals surface area contributed by atoms with Crippen molar-refractivity contribution in [3.63, 3.8) is 0 Å². The Bertz CT molecular complexity index is 1120. The molecule has 176 valence electrons. The minimum absolute atomic E-state index is 0.00677. The fourth-order valence-electron chi connectivity index (χ4n) is 3.56. The molecule has 1 N–H and O–H groups in total. The van der Waals surface area contributed by atoms with E-state index >= 15 is 0 Å². The van der Waals surface area contributed by atoms with E-state index in [-0.39, 0.29) is 29.5 Å². The molecule has 1 saturated heterocycles. The van der Waals surface area contributed by atoms with Gasteiger partial charge in [-0.3, -0.25) is 14.4 Å². The third-order valence-electron chi connectivity index (χ3n) is 5.36. The number of hydrogen-bond donors (Lipinski definition) is 1. The van der Waals surface area contributed by atoms with E-state index in [0.717, 1.165) is 6.42 Å². The Morgan fingerprint density at radius 1 is 0.970 bits per heavy atom. The smallest absolute Gasteiger partial charge is 0.261 e. The number of nitrogens with zero attached hydrogens (tertiary/aromatic N) is 2. The van der Waals surface area contributed by atoms with Gasteiger partial charge < -0.3 is 15.1 Å². The van der Waals surface area contributed by atoms with E-state index in [9.17, 15) is 22.8 Å². The number of amides is 3. The van der Waals surface area contributed by atoms with Crippen molar-refractivity contribution in [2.24, 2.45) is 0 Å². The highest BCUT2D eigenvalue weighted by Gasteiger charge is 2.39. The fraction of sp³-hybridized carbons (Fsp3) is 0.348. The van der Waals surface area contributed by atoms with Gasteiger partial charge in [0.05, 0.1) is 4.90 Å². The zero-order valence-corrected chi connectivity index (χ0v) is 19.8. The number of benzene rings is 2. The van der Waals surface area contributed by atoms with Crippen LogP contribution in [0, 0.1) is 0 Å². The largest absolute Gasteiger partial charge is 0.339 e. The van der Waals surface area contributed by atoms with Gasteiger partial charge in [-0.1, -0.05) is 42.8 Å². The highest BCUT2D eigenvalue weighted by Crippen LogP contribution is 2.19. The van der Waals surface area contributed by atoms with Crippen LogP contribution in [0.5, 0.6) is 0 Å². The van der Waals surface area contributed by atoms with Gasteiger partial charge in [-0.05, 0) is 36.8 Å². The SMILES string of the molecule is CCCC(=O)N1CCN(C(=O)C(NC(=O)c2cccc(Cl)c2)S(=O)(=O)c2ccccc2)CC1. The Morgan fingerprint density at radius 2 is 1.61 bits per heavy atom. The Kier molecular flexibility index (Phi) is 8.10. The number of carbonyl (C=O) groups excluding carboxylic acids is 3. The van der Waals surface area contributed by atoms with Crippen LogP contribution in [-0.4, -0.2) is 67.5 Å². The quantitative estimate of drug-likeness (QED) is 0.640. The first-order chi connectivity index (χ1) is 15.7. The lowest BCUT2D eigenvalue weighted by atomic mass is 10.2. The summed E-state index contributed by atoms with van der Waals surface area (Å²) in [5.41, 5.74) is 0.138. The van der Waals surface area contributed by atoms with Crippen LogP contribution in [0.15, 0.2) is 59.5 Å². The van der Waals surface area contributed by atoms with Crippen molar-refractivity contribution in [1.82, 2.24) is 15.1 Å². The topological polar surface area (TPSA) is 104 Å². The van der Waals surface area contributed by atoms with Crippen molar-refractivity contribution in [3.8, 4) is 0 Å². The van der Waals surface area contributed by atoms with Gasteiger partial charge in [0.1, 0.15) is 0 Å². The molecule has 0 bridgehead atoms. The van der Waals surface area contributed by atoms with Gasteiger partial charge in [0, 0.05) is 43.2 Å². The van der Waals surface area contributed by atoms with Gasteiger partial charge in [-0.25, -0.2) is 8.42 Å². The Hall–Kier alpha value is -2.91. The van der Waals surface area contributed by atoms with Crippen molar-refractivity contribution >= 4 is 39.2 Å². The standard InChI is InChI=1S/C23H26ClN3O5S/c1-2-7-20(28)26-12-14-27(15-13-26)23(30)22(33(31,32)19-10-4-3-5-11-19)25-21(29)17-8-6-9-18(24)16-17/h3-6,8-11,16,22H,2,7,12-15H2,1H3,(H,25,29). The molecular weight excluding hydrogens is 466 g/mol.